The number of carboxylic acids is 1. The van der Waals surface area contributed by atoms with Crippen LogP contribution in [0.25, 0.3) is 0 Å². The zero-order valence-corrected chi connectivity index (χ0v) is 7.91. The molecule has 5 nitrogen and oxygen atoms in total. The van der Waals surface area contributed by atoms with E-state index in [9.17, 15) is 4.79 Å². The Kier molecular flexibility index (Phi) is 1.85. The van der Waals surface area contributed by atoms with Crippen LogP contribution >= 0.6 is 0 Å². The van der Waals surface area contributed by atoms with Gasteiger partial charge in [0.05, 0.1) is 5.69 Å². The SMILES string of the molecule is Cc1noc2c1C(N)(C(=O)O)CCC2. The Balaban J connectivity index is 2.59. The van der Waals surface area contributed by atoms with Crippen molar-refractivity contribution in [3.63, 3.8) is 0 Å². The van der Waals surface area contributed by atoms with Crippen LogP contribution in [0.3, 0.4) is 0 Å². The van der Waals surface area contributed by atoms with Gasteiger partial charge in [-0.15, -0.1) is 0 Å². The third kappa shape index (κ3) is 1.05. The normalized spacial score (nSPS) is 25.9. The summed E-state index contributed by atoms with van der Waals surface area (Å²) in [7, 11) is 0. The second kappa shape index (κ2) is 2.81. The number of aliphatic carboxylic acids is 1. The molecule has 0 amide bonds. The highest BCUT2D eigenvalue weighted by molar-refractivity contribution is 5.81. The molecule has 1 atom stereocenters. The zero-order valence-electron chi connectivity index (χ0n) is 7.91. The fraction of sp³-hybridized carbons (Fsp3) is 0.556. The minimum atomic E-state index is -1.31. The molecule has 1 aromatic heterocycles. The predicted molar refractivity (Wildman–Crippen MR) is 47.7 cm³/mol. The number of carboxylic acid groups (broad SMARTS) is 1. The van der Waals surface area contributed by atoms with Gasteiger partial charge in [-0.05, 0) is 19.8 Å². The molecule has 1 aliphatic rings. The highest BCUT2D eigenvalue weighted by Crippen LogP contribution is 2.35. The first-order valence-corrected chi connectivity index (χ1v) is 4.53. The molecule has 0 radical (unpaired) electrons. The van der Waals surface area contributed by atoms with E-state index in [-0.39, 0.29) is 0 Å². The Morgan fingerprint density at radius 1 is 1.71 bits per heavy atom. The smallest absolute Gasteiger partial charge is 0.328 e. The molecule has 0 bridgehead atoms. The van der Waals surface area contributed by atoms with Crippen LogP contribution in [0.2, 0.25) is 0 Å². The van der Waals surface area contributed by atoms with Gasteiger partial charge < -0.3 is 15.4 Å². The number of carbonyl (C=O) groups is 1. The lowest BCUT2D eigenvalue weighted by Crippen LogP contribution is -2.47. The van der Waals surface area contributed by atoms with Crippen LogP contribution in [0.4, 0.5) is 0 Å². The number of aryl methyl sites for hydroxylation is 2. The molecule has 5 heteroatoms. The summed E-state index contributed by atoms with van der Waals surface area (Å²) in [6, 6.07) is 0. The van der Waals surface area contributed by atoms with Crippen molar-refractivity contribution in [2.75, 3.05) is 0 Å². The van der Waals surface area contributed by atoms with Crippen molar-refractivity contribution in [2.24, 2.45) is 5.73 Å². The zero-order chi connectivity index (χ0) is 10.3. The largest absolute Gasteiger partial charge is 0.480 e. The van der Waals surface area contributed by atoms with E-state index in [1.807, 2.05) is 0 Å². The molecular formula is C9H12N2O3. The summed E-state index contributed by atoms with van der Waals surface area (Å²) in [5.74, 6) is -0.386. The molecule has 1 heterocycles. The first kappa shape index (κ1) is 9.21. The van der Waals surface area contributed by atoms with Gasteiger partial charge in [-0.25, -0.2) is 4.79 Å². The molecule has 76 valence electrons. The van der Waals surface area contributed by atoms with E-state index in [0.717, 1.165) is 12.8 Å². The summed E-state index contributed by atoms with van der Waals surface area (Å²) in [5, 5.41) is 12.9. The second-order valence-corrected chi connectivity index (χ2v) is 3.70. The Labute approximate surface area is 80.9 Å². The van der Waals surface area contributed by atoms with E-state index in [1.54, 1.807) is 6.92 Å². The van der Waals surface area contributed by atoms with Crippen molar-refractivity contribution in [3.05, 3.63) is 17.0 Å². The van der Waals surface area contributed by atoms with Crippen LogP contribution in [0, 0.1) is 6.92 Å². The molecule has 1 aliphatic carbocycles. The maximum absolute atomic E-state index is 11.1. The number of aromatic nitrogens is 1. The number of hydrogen-bond acceptors (Lipinski definition) is 4. The summed E-state index contributed by atoms with van der Waals surface area (Å²) in [4.78, 5) is 11.1. The summed E-state index contributed by atoms with van der Waals surface area (Å²) in [5.41, 5.74) is 5.70. The standard InChI is InChI=1S/C9H12N2O3/c1-5-7-6(14-11-5)3-2-4-9(7,10)8(12)13/h2-4,10H2,1H3,(H,12,13). The molecular weight excluding hydrogens is 184 g/mol. The molecule has 3 N–H and O–H groups in total. The highest BCUT2D eigenvalue weighted by Gasteiger charge is 2.43. The molecule has 0 aromatic carbocycles. The van der Waals surface area contributed by atoms with Crippen molar-refractivity contribution in [2.45, 2.75) is 31.7 Å². The lowest BCUT2D eigenvalue weighted by molar-refractivity contribution is -0.144. The predicted octanol–water partition coefficient (Wildman–Crippen LogP) is 0.558. The van der Waals surface area contributed by atoms with Crippen LogP contribution in [0.1, 0.15) is 29.9 Å². The Bertz CT molecular complexity index is 385. The second-order valence-electron chi connectivity index (χ2n) is 3.70. The molecule has 0 saturated carbocycles. The fourth-order valence-corrected chi connectivity index (χ4v) is 2.03. The van der Waals surface area contributed by atoms with Crippen LogP contribution in [-0.2, 0) is 16.8 Å². The van der Waals surface area contributed by atoms with Crippen LogP contribution < -0.4 is 5.73 Å². The molecule has 1 unspecified atom stereocenters. The minimum absolute atomic E-state index is 0.442. The number of hydrogen-bond donors (Lipinski definition) is 2. The van der Waals surface area contributed by atoms with Crippen molar-refractivity contribution in [1.29, 1.82) is 0 Å². The van der Waals surface area contributed by atoms with Crippen LogP contribution in [0.5, 0.6) is 0 Å². The molecule has 0 aliphatic heterocycles. The minimum Gasteiger partial charge on any atom is -0.480 e. The maximum Gasteiger partial charge on any atom is 0.328 e. The van der Waals surface area contributed by atoms with E-state index in [4.69, 9.17) is 15.4 Å². The Morgan fingerprint density at radius 3 is 3.07 bits per heavy atom. The van der Waals surface area contributed by atoms with Crippen molar-refractivity contribution in [1.82, 2.24) is 5.16 Å². The molecule has 0 fully saturated rings. The van der Waals surface area contributed by atoms with Crippen LogP contribution in [-0.4, -0.2) is 16.2 Å². The van der Waals surface area contributed by atoms with Gasteiger partial charge >= 0.3 is 5.97 Å². The van der Waals surface area contributed by atoms with E-state index >= 15 is 0 Å². The van der Waals surface area contributed by atoms with Gasteiger partial charge in [0.1, 0.15) is 11.3 Å². The number of nitrogens with zero attached hydrogens (tertiary/aromatic N) is 1. The van der Waals surface area contributed by atoms with Gasteiger partial charge in [0, 0.05) is 12.0 Å². The quantitative estimate of drug-likeness (QED) is 0.684. The average Bonchev–Trinajstić information content (AvgIpc) is 2.49. The van der Waals surface area contributed by atoms with Gasteiger partial charge in [0.2, 0.25) is 0 Å². The summed E-state index contributed by atoms with van der Waals surface area (Å²) in [6.07, 6.45) is 1.89. The average molecular weight is 196 g/mol. The molecule has 1 aromatic rings. The van der Waals surface area contributed by atoms with E-state index in [2.05, 4.69) is 5.16 Å². The number of rotatable bonds is 1. The van der Waals surface area contributed by atoms with Gasteiger partial charge in [-0.1, -0.05) is 5.16 Å². The highest BCUT2D eigenvalue weighted by atomic mass is 16.5. The molecule has 0 spiro atoms. The van der Waals surface area contributed by atoms with Crippen molar-refractivity contribution < 1.29 is 14.4 Å². The van der Waals surface area contributed by atoms with Gasteiger partial charge in [0.25, 0.3) is 0 Å². The van der Waals surface area contributed by atoms with Gasteiger partial charge in [0.15, 0.2) is 0 Å². The summed E-state index contributed by atoms with van der Waals surface area (Å²) in [6.45, 7) is 1.72. The lowest BCUT2D eigenvalue weighted by atomic mass is 9.79. The Hall–Kier alpha value is -1.36. The first-order valence-electron chi connectivity index (χ1n) is 4.53. The van der Waals surface area contributed by atoms with Crippen molar-refractivity contribution in [3.8, 4) is 0 Å². The topological polar surface area (TPSA) is 89.4 Å². The van der Waals surface area contributed by atoms with E-state index in [0.29, 0.717) is 23.4 Å². The summed E-state index contributed by atoms with van der Waals surface area (Å²) < 4.78 is 5.04. The van der Waals surface area contributed by atoms with Crippen molar-refractivity contribution >= 4 is 5.97 Å². The lowest BCUT2D eigenvalue weighted by Gasteiger charge is -2.28. The summed E-state index contributed by atoms with van der Waals surface area (Å²) >= 11 is 0. The molecule has 0 saturated heterocycles. The van der Waals surface area contributed by atoms with E-state index in [1.165, 1.54) is 0 Å². The first-order chi connectivity index (χ1) is 6.55. The molecule has 14 heavy (non-hydrogen) atoms. The Morgan fingerprint density at radius 2 is 2.43 bits per heavy atom. The van der Waals surface area contributed by atoms with Crippen LogP contribution in [0.15, 0.2) is 4.52 Å². The maximum atomic E-state index is 11.1. The van der Waals surface area contributed by atoms with Gasteiger partial charge in [-0.3, -0.25) is 0 Å². The molecule has 2 rings (SSSR count). The number of nitrogens with two attached hydrogens (primary N) is 1. The third-order valence-electron chi connectivity index (χ3n) is 2.74. The van der Waals surface area contributed by atoms with E-state index < -0.39 is 11.5 Å². The number of fused-ring (bicyclic) bond motifs is 1. The third-order valence-corrected chi connectivity index (χ3v) is 2.74. The van der Waals surface area contributed by atoms with Gasteiger partial charge in [-0.2, -0.15) is 0 Å². The monoisotopic (exact) mass is 196 g/mol. The fourth-order valence-electron chi connectivity index (χ4n) is 2.03.